The normalized spacial score (nSPS) is 11.6. The van der Waals surface area contributed by atoms with Crippen LogP contribution >= 0.6 is 11.6 Å². The molecule has 0 aromatic heterocycles. The molecule has 0 aliphatic heterocycles. The first-order valence-electron chi connectivity index (χ1n) is 6.88. The second-order valence-corrected chi connectivity index (χ2v) is 5.27. The van der Waals surface area contributed by atoms with Crippen molar-refractivity contribution in [3.63, 3.8) is 0 Å². The van der Waals surface area contributed by atoms with E-state index in [4.69, 9.17) is 16.3 Å². The van der Waals surface area contributed by atoms with Crippen LogP contribution in [0, 0.1) is 10.1 Å². The lowest BCUT2D eigenvalue weighted by Gasteiger charge is -2.15. The zero-order valence-electron chi connectivity index (χ0n) is 12.4. The van der Waals surface area contributed by atoms with Gasteiger partial charge in [0, 0.05) is 12.1 Å². The predicted octanol–water partition coefficient (Wildman–Crippen LogP) is 3.50. The van der Waals surface area contributed by atoms with Gasteiger partial charge in [0.25, 0.3) is 11.6 Å². The van der Waals surface area contributed by atoms with E-state index in [1.54, 1.807) is 0 Å². The average molecular weight is 335 g/mol. The maximum Gasteiger partial charge on any atom is 0.271 e. The average Bonchev–Trinajstić information content (AvgIpc) is 2.54. The van der Waals surface area contributed by atoms with E-state index in [-0.39, 0.29) is 35.0 Å². The molecule has 2 aromatic rings. The van der Waals surface area contributed by atoms with Crippen molar-refractivity contribution < 1.29 is 14.5 Å². The molecule has 1 N–H and O–H groups in total. The van der Waals surface area contributed by atoms with E-state index in [1.807, 2.05) is 37.3 Å². The number of benzene rings is 2. The number of ether oxygens (including phenoxy) is 1. The van der Waals surface area contributed by atoms with E-state index in [2.05, 4.69) is 5.32 Å². The molecule has 23 heavy (non-hydrogen) atoms. The molecule has 1 atom stereocenters. The van der Waals surface area contributed by atoms with Gasteiger partial charge in [-0.1, -0.05) is 41.9 Å². The number of hydrogen-bond acceptors (Lipinski definition) is 4. The number of carbonyl (C=O) groups excluding carboxylic acids is 1. The number of nitrogens with one attached hydrogen (secondary N) is 1. The van der Waals surface area contributed by atoms with Gasteiger partial charge in [-0.25, -0.2) is 0 Å². The molecule has 0 saturated carbocycles. The van der Waals surface area contributed by atoms with Crippen molar-refractivity contribution in [3.8, 4) is 5.75 Å². The standard InChI is InChI=1S/C16H15ClN2O4/c1-11(12-5-3-2-4-6-12)18-16(20)10-23-15-8-7-13(19(21)22)9-14(15)17/h2-9,11H,10H2,1H3,(H,18,20)/t11-/m0/s1. The van der Waals surface area contributed by atoms with Crippen molar-refractivity contribution in [3.05, 3.63) is 69.2 Å². The molecule has 0 fully saturated rings. The quantitative estimate of drug-likeness (QED) is 0.647. The van der Waals surface area contributed by atoms with E-state index >= 15 is 0 Å². The lowest BCUT2D eigenvalue weighted by molar-refractivity contribution is -0.384. The molecule has 0 heterocycles. The number of carbonyl (C=O) groups is 1. The van der Waals surface area contributed by atoms with E-state index in [1.165, 1.54) is 18.2 Å². The predicted molar refractivity (Wildman–Crippen MR) is 86.6 cm³/mol. The van der Waals surface area contributed by atoms with Crippen molar-refractivity contribution in [2.45, 2.75) is 13.0 Å². The van der Waals surface area contributed by atoms with Crippen molar-refractivity contribution >= 4 is 23.2 Å². The lowest BCUT2D eigenvalue weighted by Crippen LogP contribution is -2.31. The molecular formula is C16H15ClN2O4. The summed E-state index contributed by atoms with van der Waals surface area (Å²) in [5.74, 6) is -0.0875. The van der Waals surface area contributed by atoms with Crippen LogP contribution in [0.4, 0.5) is 5.69 Å². The van der Waals surface area contributed by atoms with Gasteiger partial charge in [0.05, 0.1) is 16.0 Å². The van der Waals surface area contributed by atoms with Crippen molar-refractivity contribution in [2.24, 2.45) is 0 Å². The minimum Gasteiger partial charge on any atom is -0.482 e. The van der Waals surface area contributed by atoms with Gasteiger partial charge < -0.3 is 10.1 Å². The Balaban J connectivity index is 1.91. The van der Waals surface area contributed by atoms with E-state index in [0.29, 0.717) is 0 Å². The lowest BCUT2D eigenvalue weighted by atomic mass is 10.1. The zero-order chi connectivity index (χ0) is 16.8. The van der Waals surface area contributed by atoms with Crippen LogP contribution in [0.5, 0.6) is 5.75 Å². The Kier molecular flexibility index (Phi) is 5.54. The summed E-state index contributed by atoms with van der Waals surface area (Å²) in [4.78, 5) is 22.0. The highest BCUT2D eigenvalue weighted by Crippen LogP contribution is 2.28. The zero-order valence-corrected chi connectivity index (χ0v) is 13.1. The van der Waals surface area contributed by atoms with Crippen LogP contribution in [0.15, 0.2) is 48.5 Å². The summed E-state index contributed by atoms with van der Waals surface area (Å²) in [6, 6.07) is 13.2. The molecule has 120 valence electrons. The smallest absolute Gasteiger partial charge is 0.271 e. The highest BCUT2D eigenvalue weighted by atomic mass is 35.5. The number of nitro groups is 1. The fourth-order valence-electron chi connectivity index (χ4n) is 1.97. The highest BCUT2D eigenvalue weighted by Gasteiger charge is 2.13. The van der Waals surface area contributed by atoms with Crippen LogP contribution < -0.4 is 10.1 Å². The Bertz CT molecular complexity index is 706. The summed E-state index contributed by atoms with van der Waals surface area (Å²) < 4.78 is 5.30. The molecule has 0 aliphatic carbocycles. The number of halogens is 1. The van der Waals surface area contributed by atoms with E-state index < -0.39 is 4.92 Å². The fraction of sp³-hybridized carbons (Fsp3) is 0.188. The monoisotopic (exact) mass is 334 g/mol. The van der Waals surface area contributed by atoms with Gasteiger partial charge in [0.2, 0.25) is 0 Å². The van der Waals surface area contributed by atoms with Crippen LogP contribution in [0.3, 0.4) is 0 Å². The third-order valence-electron chi connectivity index (χ3n) is 3.16. The summed E-state index contributed by atoms with van der Waals surface area (Å²) in [6.45, 7) is 1.64. The van der Waals surface area contributed by atoms with Gasteiger partial charge in [-0.05, 0) is 18.6 Å². The molecule has 2 aromatic carbocycles. The fourth-order valence-corrected chi connectivity index (χ4v) is 2.20. The number of nitrogens with zero attached hydrogens (tertiary/aromatic N) is 1. The van der Waals surface area contributed by atoms with E-state index in [0.717, 1.165) is 5.56 Å². The van der Waals surface area contributed by atoms with Gasteiger partial charge in [-0.3, -0.25) is 14.9 Å². The molecule has 0 spiro atoms. The second kappa shape index (κ2) is 7.60. The minimum absolute atomic E-state index is 0.0862. The van der Waals surface area contributed by atoms with Gasteiger partial charge >= 0.3 is 0 Å². The number of hydrogen-bond donors (Lipinski definition) is 1. The van der Waals surface area contributed by atoms with Crippen LogP contribution in [0.1, 0.15) is 18.5 Å². The molecule has 0 saturated heterocycles. The number of nitro benzene ring substituents is 1. The van der Waals surface area contributed by atoms with Crippen LogP contribution in [-0.4, -0.2) is 17.4 Å². The molecule has 0 radical (unpaired) electrons. The second-order valence-electron chi connectivity index (χ2n) is 4.86. The summed E-state index contributed by atoms with van der Waals surface area (Å²) >= 11 is 5.90. The molecule has 7 heteroatoms. The summed E-state index contributed by atoms with van der Waals surface area (Å²) in [7, 11) is 0. The highest BCUT2D eigenvalue weighted by molar-refractivity contribution is 6.32. The van der Waals surface area contributed by atoms with E-state index in [9.17, 15) is 14.9 Å². The third kappa shape index (κ3) is 4.69. The third-order valence-corrected chi connectivity index (χ3v) is 3.46. The van der Waals surface area contributed by atoms with Crippen LogP contribution in [0.25, 0.3) is 0 Å². The molecule has 6 nitrogen and oxygen atoms in total. The van der Waals surface area contributed by atoms with Gasteiger partial charge in [-0.2, -0.15) is 0 Å². The minimum atomic E-state index is -0.552. The molecular weight excluding hydrogens is 320 g/mol. The molecule has 2 rings (SSSR count). The Morgan fingerprint density at radius 3 is 2.61 bits per heavy atom. The summed E-state index contributed by atoms with van der Waals surface area (Å²) in [6.07, 6.45) is 0. The topological polar surface area (TPSA) is 81.5 Å². The van der Waals surface area contributed by atoms with Crippen LogP contribution in [0.2, 0.25) is 5.02 Å². The molecule has 0 bridgehead atoms. The summed E-state index contributed by atoms with van der Waals surface area (Å²) in [5, 5.41) is 13.5. The van der Waals surface area contributed by atoms with Gasteiger partial charge in [-0.15, -0.1) is 0 Å². The number of rotatable bonds is 6. The Morgan fingerprint density at radius 1 is 1.30 bits per heavy atom. The van der Waals surface area contributed by atoms with Crippen molar-refractivity contribution in [1.29, 1.82) is 0 Å². The first kappa shape index (κ1) is 16.8. The SMILES string of the molecule is C[C@H](NC(=O)COc1ccc([N+](=O)[O-])cc1Cl)c1ccccc1. The molecule has 0 unspecified atom stereocenters. The Labute approximate surface area is 138 Å². The number of non-ortho nitro benzene ring substituents is 1. The first-order valence-corrected chi connectivity index (χ1v) is 7.26. The van der Waals surface area contributed by atoms with Gasteiger partial charge in [0.1, 0.15) is 5.75 Å². The molecule has 1 amide bonds. The van der Waals surface area contributed by atoms with Gasteiger partial charge in [0.15, 0.2) is 6.61 Å². The molecule has 0 aliphatic rings. The van der Waals surface area contributed by atoms with Crippen LogP contribution in [-0.2, 0) is 4.79 Å². The largest absolute Gasteiger partial charge is 0.482 e. The first-order chi connectivity index (χ1) is 11.0. The Hall–Kier alpha value is -2.60. The number of amides is 1. The Morgan fingerprint density at radius 2 is 2.00 bits per heavy atom. The summed E-state index contributed by atoms with van der Waals surface area (Å²) in [5.41, 5.74) is 0.846. The maximum absolute atomic E-state index is 11.9. The van der Waals surface area contributed by atoms with Crippen molar-refractivity contribution in [1.82, 2.24) is 5.32 Å². The van der Waals surface area contributed by atoms with Crippen molar-refractivity contribution in [2.75, 3.05) is 6.61 Å². The maximum atomic E-state index is 11.9.